The number of hydrogen-bond donors (Lipinski definition) is 3. The molecule has 0 saturated carbocycles. The Balaban J connectivity index is 2.11. The Morgan fingerprint density at radius 2 is 2.09 bits per heavy atom. The van der Waals surface area contributed by atoms with Crippen molar-refractivity contribution in [2.75, 3.05) is 39.5 Å². The molecule has 0 aromatic heterocycles. The van der Waals surface area contributed by atoms with Gasteiger partial charge in [-0.25, -0.2) is 0 Å². The van der Waals surface area contributed by atoms with Crippen molar-refractivity contribution in [1.29, 1.82) is 0 Å². The molecule has 0 heterocycles. The molecule has 0 bridgehead atoms. The number of hydrogen-bond acceptors (Lipinski definition) is 6. The van der Waals surface area contributed by atoms with Crippen LogP contribution in [0.2, 0.25) is 0 Å². The molecule has 0 fully saturated rings. The van der Waals surface area contributed by atoms with E-state index < -0.39 is 6.23 Å². The van der Waals surface area contributed by atoms with Gasteiger partial charge in [-0.05, 0) is 56.3 Å². The van der Waals surface area contributed by atoms with Gasteiger partial charge in [-0.3, -0.25) is 4.79 Å². The maximum atomic E-state index is 11.8. The van der Waals surface area contributed by atoms with Gasteiger partial charge in [0, 0.05) is 5.92 Å². The Bertz CT molecular complexity index is 743. The zero-order chi connectivity index (χ0) is 24.2. The largest absolute Gasteiger partial charge is 0.489 e. The minimum Gasteiger partial charge on any atom is -0.489 e. The molecule has 33 heavy (non-hydrogen) atoms. The zero-order valence-electron chi connectivity index (χ0n) is 20.2. The first kappa shape index (κ1) is 28.7. The molecule has 0 radical (unpaired) electrons. The highest BCUT2D eigenvalue weighted by Crippen LogP contribution is 2.14. The summed E-state index contributed by atoms with van der Waals surface area (Å²) in [6, 6.07) is 7.87. The fraction of sp³-hybridized carbons (Fsp3) is 0.577. The van der Waals surface area contributed by atoms with Crippen molar-refractivity contribution >= 4 is 5.91 Å². The summed E-state index contributed by atoms with van der Waals surface area (Å²) in [4.78, 5) is 11.8. The Morgan fingerprint density at radius 3 is 2.85 bits per heavy atom. The van der Waals surface area contributed by atoms with Gasteiger partial charge in [0.2, 0.25) is 5.91 Å². The molecular formula is C26H41N3O4. The molecule has 0 aliphatic rings. The molecule has 0 aliphatic carbocycles. The topological polar surface area (TPSA) is 109 Å². The van der Waals surface area contributed by atoms with Gasteiger partial charge < -0.3 is 31.0 Å². The molecule has 1 aromatic carbocycles. The summed E-state index contributed by atoms with van der Waals surface area (Å²) in [5.74, 6) is 7.09. The fourth-order valence-corrected chi connectivity index (χ4v) is 2.89. The van der Waals surface area contributed by atoms with Gasteiger partial charge in [0.05, 0.1) is 19.8 Å². The van der Waals surface area contributed by atoms with Crippen molar-refractivity contribution in [2.45, 2.75) is 52.2 Å². The van der Waals surface area contributed by atoms with Crippen molar-refractivity contribution in [1.82, 2.24) is 5.32 Å². The number of allylic oxidation sites excluding steroid dienone is 2. The van der Waals surface area contributed by atoms with Crippen molar-refractivity contribution < 1.29 is 19.0 Å². The van der Waals surface area contributed by atoms with Gasteiger partial charge in [-0.1, -0.05) is 50.0 Å². The molecule has 1 aromatic rings. The van der Waals surface area contributed by atoms with Crippen LogP contribution < -0.4 is 21.5 Å². The Labute approximate surface area is 199 Å². The van der Waals surface area contributed by atoms with Crippen molar-refractivity contribution in [3.63, 3.8) is 0 Å². The first-order valence-corrected chi connectivity index (χ1v) is 11.9. The van der Waals surface area contributed by atoms with Gasteiger partial charge in [0.25, 0.3) is 0 Å². The monoisotopic (exact) mass is 459 g/mol. The highest BCUT2D eigenvalue weighted by Gasteiger charge is 2.06. The SMILES string of the molecule is CC/C=C\CC(C#CCNC(=O)COCCOC(N)COc1cccc(CCCN)c1)CC. The minimum absolute atomic E-state index is 0.0389. The van der Waals surface area contributed by atoms with Crippen LogP contribution in [-0.4, -0.2) is 51.7 Å². The summed E-state index contributed by atoms with van der Waals surface area (Å²) in [6.45, 7) is 5.95. The van der Waals surface area contributed by atoms with Gasteiger partial charge in [0.1, 0.15) is 25.2 Å². The lowest BCUT2D eigenvalue weighted by Crippen LogP contribution is -2.33. The quantitative estimate of drug-likeness (QED) is 0.143. The van der Waals surface area contributed by atoms with Crippen LogP contribution >= 0.6 is 0 Å². The van der Waals surface area contributed by atoms with Crippen LogP contribution in [0.3, 0.4) is 0 Å². The number of nitrogens with one attached hydrogen (secondary N) is 1. The summed E-state index contributed by atoms with van der Waals surface area (Å²) in [5, 5.41) is 2.74. The van der Waals surface area contributed by atoms with E-state index in [1.54, 1.807) is 0 Å². The molecule has 0 aliphatic heterocycles. The van der Waals surface area contributed by atoms with Crippen LogP contribution in [0.25, 0.3) is 0 Å². The summed E-state index contributed by atoms with van der Waals surface area (Å²) in [6.07, 6.45) is 8.57. The second-order valence-electron chi connectivity index (χ2n) is 7.63. The standard InChI is InChI=1S/C26H41N3O4/c1-3-5-6-10-22(4-2)13-9-16-29-26(30)21-31-17-18-32-25(28)20-33-24-14-7-11-23(19-24)12-8-15-27/h5-7,11,14,19,22,25H,3-4,8,10,12,15-18,20-21,27-28H2,1-2H3,(H,29,30)/b6-5-. The molecule has 5 N–H and O–H groups in total. The molecule has 7 nitrogen and oxygen atoms in total. The molecule has 2 unspecified atom stereocenters. The van der Waals surface area contributed by atoms with E-state index in [0.717, 1.165) is 37.9 Å². The van der Waals surface area contributed by atoms with Gasteiger partial charge in [-0.2, -0.15) is 0 Å². The van der Waals surface area contributed by atoms with E-state index in [1.165, 1.54) is 5.56 Å². The predicted octanol–water partition coefficient (Wildman–Crippen LogP) is 2.78. The number of carbonyl (C=O) groups excluding carboxylic acids is 1. The normalized spacial score (nSPS) is 12.7. The maximum Gasteiger partial charge on any atom is 0.246 e. The predicted molar refractivity (Wildman–Crippen MR) is 133 cm³/mol. The average molecular weight is 460 g/mol. The molecule has 0 spiro atoms. The maximum absolute atomic E-state index is 11.8. The van der Waals surface area contributed by atoms with Crippen LogP contribution in [0, 0.1) is 17.8 Å². The van der Waals surface area contributed by atoms with Gasteiger partial charge >= 0.3 is 0 Å². The number of ether oxygens (including phenoxy) is 3. The second kappa shape index (κ2) is 19.1. The van der Waals surface area contributed by atoms with Crippen LogP contribution in [-0.2, 0) is 20.7 Å². The smallest absolute Gasteiger partial charge is 0.246 e. The highest BCUT2D eigenvalue weighted by atomic mass is 16.6. The molecule has 2 atom stereocenters. The molecular weight excluding hydrogens is 418 g/mol. The van der Waals surface area contributed by atoms with E-state index in [1.807, 2.05) is 24.3 Å². The molecule has 1 amide bonds. The van der Waals surface area contributed by atoms with Crippen molar-refractivity contribution in [2.24, 2.45) is 17.4 Å². The highest BCUT2D eigenvalue weighted by molar-refractivity contribution is 5.77. The van der Waals surface area contributed by atoms with Crippen molar-refractivity contribution in [3.8, 4) is 17.6 Å². The van der Waals surface area contributed by atoms with E-state index in [0.29, 0.717) is 19.0 Å². The average Bonchev–Trinajstić information content (AvgIpc) is 2.83. The summed E-state index contributed by atoms with van der Waals surface area (Å²) >= 11 is 0. The first-order chi connectivity index (χ1) is 16.1. The van der Waals surface area contributed by atoms with Crippen LogP contribution in [0.1, 0.15) is 45.1 Å². The number of aryl methyl sites for hydroxylation is 1. The van der Waals surface area contributed by atoms with E-state index in [4.69, 9.17) is 25.7 Å². The van der Waals surface area contributed by atoms with Crippen LogP contribution in [0.15, 0.2) is 36.4 Å². The fourth-order valence-electron chi connectivity index (χ4n) is 2.89. The number of carbonyl (C=O) groups is 1. The second-order valence-corrected chi connectivity index (χ2v) is 7.63. The lowest BCUT2D eigenvalue weighted by atomic mass is 10.0. The third-order valence-corrected chi connectivity index (χ3v) is 4.77. The van der Waals surface area contributed by atoms with E-state index in [-0.39, 0.29) is 32.3 Å². The Hall–Kier alpha value is -2.37. The van der Waals surface area contributed by atoms with Gasteiger partial charge in [0.15, 0.2) is 0 Å². The lowest BCUT2D eigenvalue weighted by Gasteiger charge is -2.15. The minimum atomic E-state index is -0.580. The number of nitrogens with two attached hydrogens (primary N) is 2. The zero-order valence-corrected chi connectivity index (χ0v) is 20.2. The van der Waals surface area contributed by atoms with Crippen LogP contribution in [0.4, 0.5) is 0 Å². The van der Waals surface area contributed by atoms with Gasteiger partial charge in [-0.15, -0.1) is 0 Å². The molecule has 0 saturated heterocycles. The number of amides is 1. The third kappa shape index (κ3) is 15.2. The van der Waals surface area contributed by atoms with E-state index in [2.05, 4.69) is 43.2 Å². The summed E-state index contributed by atoms with van der Waals surface area (Å²) < 4.78 is 16.5. The third-order valence-electron chi connectivity index (χ3n) is 4.77. The van der Waals surface area contributed by atoms with Crippen LogP contribution in [0.5, 0.6) is 5.75 Å². The number of rotatable bonds is 17. The Kier molecular flexibility index (Phi) is 16.6. The summed E-state index contributed by atoms with van der Waals surface area (Å²) in [7, 11) is 0. The first-order valence-electron chi connectivity index (χ1n) is 11.9. The lowest BCUT2D eigenvalue weighted by molar-refractivity contribution is -0.126. The Morgan fingerprint density at radius 1 is 1.24 bits per heavy atom. The molecule has 184 valence electrons. The number of benzene rings is 1. The van der Waals surface area contributed by atoms with E-state index >= 15 is 0 Å². The summed E-state index contributed by atoms with van der Waals surface area (Å²) in [5.41, 5.74) is 12.7. The van der Waals surface area contributed by atoms with Crippen molar-refractivity contribution in [3.05, 3.63) is 42.0 Å². The molecule has 1 rings (SSSR count). The molecule has 7 heteroatoms. The van der Waals surface area contributed by atoms with E-state index in [9.17, 15) is 4.79 Å².